The highest BCUT2D eigenvalue weighted by molar-refractivity contribution is 7.47. The average Bonchev–Trinajstić information content (AvgIpc) is 3.37. The summed E-state index contributed by atoms with van der Waals surface area (Å²) in [5.74, 6) is -1.40. The molecule has 11 nitrogen and oxygen atoms in total. The van der Waals surface area contributed by atoms with Crippen molar-refractivity contribution < 1.29 is 52.2 Å². The summed E-state index contributed by atoms with van der Waals surface area (Å²) in [6, 6.07) is 0. The first-order valence-corrected chi connectivity index (χ1v) is 31.4. The van der Waals surface area contributed by atoms with E-state index in [0.29, 0.717) is 19.3 Å². The van der Waals surface area contributed by atoms with E-state index in [2.05, 4.69) is 57.2 Å². The summed E-state index contributed by atoms with van der Waals surface area (Å²) >= 11 is 0. The molecular formula is C60H111O11P. The van der Waals surface area contributed by atoms with Gasteiger partial charge in [-0.05, 0) is 96.3 Å². The van der Waals surface area contributed by atoms with Gasteiger partial charge in [-0.2, -0.15) is 0 Å². The molecule has 0 aliphatic heterocycles. The van der Waals surface area contributed by atoms with Crippen molar-refractivity contribution in [1.82, 2.24) is 0 Å². The Morgan fingerprint density at radius 3 is 1.00 bits per heavy atom. The topological polar surface area (TPSA) is 155 Å². The lowest BCUT2D eigenvalue weighted by atomic mass is 10.1. The van der Waals surface area contributed by atoms with Crippen LogP contribution >= 0.6 is 7.82 Å². The maximum absolute atomic E-state index is 12.9. The molecule has 1 unspecified atom stereocenters. The number of unbranched alkanes of at least 4 members (excludes halogenated alkanes) is 33. The van der Waals surface area contributed by atoms with Crippen LogP contribution in [-0.2, 0) is 42.2 Å². The third kappa shape index (κ3) is 54.0. The molecule has 0 spiro atoms. The quantitative estimate of drug-likeness (QED) is 0.0197. The van der Waals surface area contributed by atoms with E-state index in [1.54, 1.807) is 0 Å². The van der Waals surface area contributed by atoms with Crippen molar-refractivity contribution in [3.05, 3.63) is 36.5 Å². The summed E-state index contributed by atoms with van der Waals surface area (Å²) in [5, 5.41) is 10.3. The van der Waals surface area contributed by atoms with Gasteiger partial charge in [-0.25, -0.2) is 4.57 Å². The van der Waals surface area contributed by atoms with Crippen molar-refractivity contribution in [3.8, 4) is 0 Å². The fourth-order valence-corrected chi connectivity index (χ4v) is 9.13. The van der Waals surface area contributed by atoms with Gasteiger partial charge in [0, 0.05) is 19.3 Å². The van der Waals surface area contributed by atoms with E-state index >= 15 is 0 Å². The Morgan fingerprint density at radius 1 is 0.375 bits per heavy atom. The molecule has 3 atom stereocenters. The number of aliphatic hydroxyl groups excluding tert-OH is 1. The molecule has 0 saturated carbocycles. The van der Waals surface area contributed by atoms with Crippen LogP contribution < -0.4 is 0 Å². The largest absolute Gasteiger partial charge is 0.472 e. The Morgan fingerprint density at radius 2 is 0.653 bits per heavy atom. The number of carbonyl (C=O) groups is 3. The predicted octanol–water partition coefficient (Wildman–Crippen LogP) is 17.6. The number of rotatable bonds is 56. The van der Waals surface area contributed by atoms with Gasteiger partial charge in [-0.15, -0.1) is 0 Å². The molecule has 0 aromatic heterocycles. The summed E-state index contributed by atoms with van der Waals surface area (Å²) in [7, 11) is -4.73. The minimum atomic E-state index is -4.73. The number of carbonyl (C=O) groups excluding carboxylic acids is 3. The van der Waals surface area contributed by atoms with Crippen molar-refractivity contribution in [3.63, 3.8) is 0 Å². The molecular weight excluding hydrogens is 928 g/mol. The van der Waals surface area contributed by atoms with Crippen molar-refractivity contribution in [1.29, 1.82) is 0 Å². The second-order valence-corrected chi connectivity index (χ2v) is 21.6. The molecule has 0 heterocycles. The number of allylic oxidation sites excluding steroid dienone is 6. The van der Waals surface area contributed by atoms with Gasteiger partial charge < -0.3 is 24.2 Å². The number of esters is 3. The molecule has 0 bridgehead atoms. The van der Waals surface area contributed by atoms with E-state index < -0.39 is 57.8 Å². The minimum absolute atomic E-state index is 0.160. The van der Waals surface area contributed by atoms with Crippen LogP contribution in [-0.4, -0.2) is 66.5 Å². The van der Waals surface area contributed by atoms with E-state index in [-0.39, 0.29) is 25.9 Å². The summed E-state index contributed by atoms with van der Waals surface area (Å²) in [6.07, 6.45) is 56.7. The maximum Gasteiger partial charge on any atom is 0.472 e. The first kappa shape index (κ1) is 69.7. The normalized spacial score (nSPS) is 13.6. The number of ether oxygens (including phenoxy) is 3. The Bertz CT molecular complexity index is 1350. The van der Waals surface area contributed by atoms with E-state index in [9.17, 15) is 28.9 Å². The Balaban J connectivity index is 4.60. The molecule has 0 amide bonds. The molecule has 422 valence electrons. The number of aliphatic hydroxyl groups is 1. The van der Waals surface area contributed by atoms with E-state index in [1.165, 1.54) is 116 Å². The molecule has 0 aromatic rings. The first-order chi connectivity index (χ1) is 35.1. The molecule has 0 aromatic carbocycles. The van der Waals surface area contributed by atoms with Gasteiger partial charge in [-0.1, -0.05) is 211 Å². The second-order valence-electron chi connectivity index (χ2n) is 20.2. The monoisotopic (exact) mass is 1040 g/mol. The van der Waals surface area contributed by atoms with Crippen molar-refractivity contribution in [2.45, 2.75) is 303 Å². The van der Waals surface area contributed by atoms with E-state index in [1.807, 2.05) is 0 Å². The van der Waals surface area contributed by atoms with Gasteiger partial charge in [-0.3, -0.25) is 23.4 Å². The molecule has 0 radical (unpaired) electrons. The van der Waals surface area contributed by atoms with Crippen LogP contribution in [0.2, 0.25) is 0 Å². The highest BCUT2D eigenvalue weighted by Gasteiger charge is 2.27. The summed E-state index contributed by atoms with van der Waals surface area (Å²) in [6.45, 7) is 4.81. The zero-order chi connectivity index (χ0) is 52.7. The third-order valence-electron chi connectivity index (χ3n) is 12.9. The van der Waals surface area contributed by atoms with Crippen molar-refractivity contribution in [2.24, 2.45) is 0 Å². The van der Waals surface area contributed by atoms with Gasteiger partial charge in [0.15, 0.2) is 6.10 Å². The average molecular weight is 1040 g/mol. The Hall–Kier alpha value is -2.30. The lowest BCUT2D eigenvalue weighted by molar-refractivity contribution is -0.161. The predicted molar refractivity (Wildman–Crippen MR) is 298 cm³/mol. The molecule has 0 saturated heterocycles. The van der Waals surface area contributed by atoms with Crippen LogP contribution in [0.3, 0.4) is 0 Å². The third-order valence-corrected chi connectivity index (χ3v) is 13.9. The Labute approximate surface area is 441 Å². The van der Waals surface area contributed by atoms with E-state index in [4.69, 9.17) is 23.3 Å². The second kappa shape index (κ2) is 54.9. The number of phosphoric ester groups is 1. The van der Waals surface area contributed by atoms with Gasteiger partial charge in [0.25, 0.3) is 0 Å². The van der Waals surface area contributed by atoms with E-state index in [0.717, 1.165) is 116 Å². The van der Waals surface area contributed by atoms with Crippen molar-refractivity contribution >= 4 is 25.7 Å². The minimum Gasteiger partial charge on any atom is -0.463 e. The summed E-state index contributed by atoms with van der Waals surface area (Å²) in [5.41, 5.74) is 0. The van der Waals surface area contributed by atoms with Crippen LogP contribution in [0.1, 0.15) is 290 Å². The van der Waals surface area contributed by atoms with Gasteiger partial charge >= 0.3 is 25.7 Å². The zero-order valence-electron chi connectivity index (χ0n) is 46.7. The molecule has 0 fully saturated rings. The lowest BCUT2D eigenvalue weighted by Gasteiger charge is -2.20. The maximum atomic E-state index is 12.9. The van der Waals surface area contributed by atoms with Crippen LogP contribution in [0.15, 0.2) is 36.5 Å². The summed E-state index contributed by atoms with van der Waals surface area (Å²) in [4.78, 5) is 48.1. The highest BCUT2D eigenvalue weighted by atomic mass is 31.2. The van der Waals surface area contributed by atoms with Crippen LogP contribution in [0.5, 0.6) is 0 Å². The molecule has 0 rings (SSSR count). The van der Waals surface area contributed by atoms with Gasteiger partial charge in [0.2, 0.25) is 0 Å². The standard InChI is InChI=1S/C60H111O11P/c1-4-7-10-13-16-19-22-25-28-31-34-37-40-43-46-49-58(62)67-52-56(61)53-69-72(65,66)70-55-57(71-60(64)51-48-45-42-39-36-33-30-27-24-21-18-15-12-9-6-3)54-68-59(63)50-47-44-41-38-35-32-29-26-23-20-17-14-11-8-5-2/h25-30,56-57,61H,4-24,31-55H2,1-3H3,(H,65,66)/b28-25-,29-26-,30-27-/t56-,57-/m0/s1. The van der Waals surface area contributed by atoms with Crippen molar-refractivity contribution in [2.75, 3.05) is 26.4 Å². The molecule has 72 heavy (non-hydrogen) atoms. The molecule has 0 aliphatic rings. The fraction of sp³-hybridized carbons (Fsp3) is 0.850. The molecule has 0 aliphatic carbocycles. The molecule has 2 N–H and O–H groups in total. The molecule has 12 heteroatoms. The van der Waals surface area contributed by atoms with Gasteiger partial charge in [0.1, 0.15) is 19.3 Å². The van der Waals surface area contributed by atoms with Crippen LogP contribution in [0, 0.1) is 0 Å². The number of phosphoric acid groups is 1. The van der Waals surface area contributed by atoms with Crippen LogP contribution in [0.25, 0.3) is 0 Å². The Kier molecular flexibility index (Phi) is 53.2. The summed E-state index contributed by atoms with van der Waals surface area (Å²) < 4.78 is 39.1. The zero-order valence-corrected chi connectivity index (χ0v) is 47.6. The number of hydrogen-bond donors (Lipinski definition) is 2. The number of hydrogen-bond acceptors (Lipinski definition) is 10. The smallest absolute Gasteiger partial charge is 0.463 e. The SMILES string of the molecule is CCCCCCCC/C=C\CCCCCCCC(=O)OC[C@H](O)COP(=O)(O)OC[C@H](COC(=O)CCCCCCC/C=C\CCCCCCCC)OC(=O)CCCCCCC/C=C\CCCCCCCC. The highest BCUT2D eigenvalue weighted by Crippen LogP contribution is 2.43. The lowest BCUT2D eigenvalue weighted by Crippen LogP contribution is -2.30. The fourth-order valence-electron chi connectivity index (χ4n) is 8.34. The van der Waals surface area contributed by atoms with Crippen LogP contribution in [0.4, 0.5) is 0 Å². The first-order valence-electron chi connectivity index (χ1n) is 29.9. The van der Waals surface area contributed by atoms with Gasteiger partial charge in [0.05, 0.1) is 13.2 Å².